The van der Waals surface area contributed by atoms with Gasteiger partial charge in [0.15, 0.2) is 0 Å². The first-order chi connectivity index (χ1) is 28.0. The predicted octanol–water partition coefficient (Wildman–Crippen LogP) is 15.9. The van der Waals surface area contributed by atoms with Crippen LogP contribution < -0.4 is 0 Å². The fourth-order valence-electron chi connectivity index (χ4n) is 10.4. The summed E-state index contributed by atoms with van der Waals surface area (Å²) >= 11 is 0. The van der Waals surface area contributed by atoms with Crippen molar-refractivity contribution in [1.29, 1.82) is 0 Å². The minimum Gasteiger partial charge on any atom is -0.0616 e. The minimum absolute atomic E-state index is 0.132. The van der Waals surface area contributed by atoms with Crippen LogP contribution in [0, 0.1) is 0 Å². The van der Waals surface area contributed by atoms with E-state index in [1.807, 2.05) is 0 Å². The van der Waals surface area contributed by atoms with E-state index in [1.54, 1.807) is 0 Å². The van der Waals surface area contributed by atoms with Gasteiger partial charge in [-0.05, 0) is 145 Å². The van der Waals surface area contributed by atoms with Crippen molar-refractivity contribution >= 4 is 64.6 Å². The van der Waals surface area contributed by atoms with E-state index >= 15 is 0 Å². The van der Waals surface area contributed by atoms with Gasteiger partial charge >= 0.3 is 0 Å². The quantitative estimate of drug-likeness (QED) is 0.126. The summed E-state index contributed by atoms with van der Waals surface area (Å²) in [5.74, 6) is 0. The average molecular weight is 723 g/mol. The molecule has 0 nitrogen and oxygen atoms in total. The van der Waals surface area contributed by atoms with Crippen LogP contribution in [0.2, 0.25) is 0 Å². The lowest BCUT2D eigenvalue weighted by Crippen LogP contribution is -2.15. The van der Waals surface area contributed by atoms with Gasteiger partial charge in [-0.1, -0.05) is 184 Å². The van der Waals surface area contributed by atoms with Crippen LogP contribution in [0.1, 0.15) is 25.0 Å². The molecule has 57 heavy (non-hydrogen) atoms. The van der Waals surface area contributed by atoms with Crippen molar-refractivity contribution < 1.29 is 0 Å². The zero-order valence-electron chi connectivity index (χ0n) is 32.0. The Morgan fingerprint density at radius 3 is 1.32 bits per heavy atom. The molecule has 0 unspecified atom stereocenters. The monoisotopic (exact) mass is 722 g/mol. The molecular weight excluding hydrogens is 685 g/mol. The maximum absolute atomic E-state index is 2.48. The van der Waals surface area contributed by atoms with Gasteiger partial charge in [0.1, 0.15) is 0 Å². The number of hydrogen-bond acceptors (Lipinski definition) is 0. The van der Waals surface area contributed by atoms with E-state index in [0.29, 0.717) is 0 Å². The maximum Gasteiger partial charge on any atom is 0.0165 e. The molecule has 11 aromatic carbocycles. The van der Waals surface area contributed by atoms with E-state index in [2.05, 4.69) is 208 Å². The van der Waals surface area contributed by atoms with Gasteiger partial charge < -0.3 is 0 Å². The summed E-state index contributed by atoms with van der Waals surface area (Å²) < 4.78 is 0. The molecule has 0 aromatic heterocycles. The predicted molar refractivity (Wildman–Crippen MR) is 245 cm³/mol. The molecule has 0 heteroatoms. The Hall–Kier alpha value is -7.02. The van der Waals surface area contributed by atoms with Gasteiger partial charge in [-0.25, -0.2) is 0 Å². The summed E-state index contributed by atoms with van der Waals surface area (Å²) in [6.07, 6.45) is 0. The molecule has 11 aromatic rings. The lowest BCUT2D eigenvalue weighted by Gasteiger charge is -2.24. The zero-order chi connectivity index (χ0) is 37.8. The van der Waals surface area contributed by atoms with Gasteiger partial charge in [0.05, 0.1) is 0 Å². The van der Waals surface area contributed by atoms with Crippen LogP contribution >= 0.6 is 0 Å². The number of hydrogen-bond donors (Lipinski definition) is 0. The summed E-state index contributed by atoms with van der Waals surface area (Å²) in [6, 6.07) is 72.8. The van der Waals surface area contributed by atoms with Crippen LogP contribution in [0.3, 0.4) is 0 Å². The van der Waals surface area contributed by atoms with E-state index in [4.69, 9.17) is 0 Å². The van der Waals surface area contributed by atoms with Crippen molar-refractivity contribution in [3.05, 3.63) is 205 Å². The van der Waals surface area contributed by atoms with Crippen LogP contribution in [0.5, 0.6) is 0 Å². The van der Waals surface area contributed by atoms with Crippen molar-refractivity contribution in [3.63, 3.8) is 0 Å². The fourth-order valence-corrected chi connectivity index (χ4v) is 10.4. The molecule has 1 aliphatic carbocycles. The molecule has 0 N–H and O–H groups in total. The SMILES string of the molecule is CC1(C)c2ccc(-c3ccc4c(-c5ccc6ccccc6c5)c5ccccc5c(-c5ccc6ccccc6c5)c4c3)cc2-c2c1c1ccccc1c1ccccc21. The fraction of sp³-hybridized carbons (Fsp3) is 0.0526. The van der Waals surface area contributed by atoms with Gasteiger partial charge in [-0.15, -0.1) is 0 Å². The van der Waals surface area contributed by atoms with Crippen molar-refractivity contribution in [3.8, 4) is 44.5 Å². The standard InChI is InChI=1S/C57H38/c1-57(2)52-30-28-40(34-51(52)55-45-19-9-7-17-43(45)44-18-8-12-22-49(44)56(55)57)39-27-29-48-50(33-39)54(42-26-24-36-14-4-6-16-38(36)32-42)47-21-11-10-20-46(47)53(48)41-25-23-35-13-3-5-15-37(35)31-41/h3-34H,1-2H3. The van der Waals surface area contributed by atoms with Crippen LogP contribution in [-0.2, 0) is 5.41 Å². The van der Waals surface area contributed by atoms with Crippen LogP contribution in [-0.4, -0.2) is 0 Å². The van der Waals surface area contributed by atoms with Crippen LogP contribution in [0.4, 0.5) is 0 Å². The molecule has 0 spiro atoms. The highest BCUT2D eigenvalue weighted by molar-refractivity contribution is 6.23. The molecule has 0 saturated heterocycles. The van der Waals surface area contributed by atoms with Gasteiger partial charge in [-0.2, -0.15) is 0 Å². The Morgan fingerprint density at radius 1 is 0.281 bits per heavy atom. The van der Waals surface area contributed by atoms with Crippen molar-refractivity contribution in [2.75, 3.05) is 0 Å². The Morgan fingerprint density at radius 2 is 0.702 bits per heavy atom. The first-order valence-electron chi connectivity index (χ1n) is 20.1. The topological polar surface area (TPSA) is 0 Å². The Kier molecular flexibility index (Phi) is 6.78. The van der Waals surface area contributed by atoms with Gasteiger partial charge in [0, 0.05) is 5.41 Å². The van der Waals surface area contributed by atoms with E-state index in [-0.39, 0.29) is 5.41 Å². The minimum atomic E-state index is -0.132. The number of fused-ring (bicyclic) bond motifs is 12. The third-order valence-electron chi connectivity index (χ3n) is 13.0. The normalized spacial score (nSPS) is 13.2. The number of benzene rings is 11. The smallest absolute Gasteiger partial charge is 0.0165 e. The lowest BCUT2D eigenvalue weighted by atomic mass is 9.79. The van der Waals surface area contributed by atoms with Gasteiger partial charge in [0.25, 0.3) is 0 Å². The molecule has 0 aliphatic heterocycles. The molecule has 12 rings (SSSR count). The highest BCUT2D eigenvalue weighted by Crippen LogP contribution is 2.55. The van der Waals surface area contributed by atoms with E-state index < -0.39 is 0 Å². The maximum atomic E-state index is 2.48. The first-order valence-corrected chi connectivity index (χ1v) is 20.1. The molecule has 0 atom stereocenters. The summed E-state index contributed by atoms with van der Waals surface area (Å²) in [6.45, 7) is 4.81. The largest absolute Gasteiger partial charge is 0.0616 e. The van der Waals surface area contributed by atoms with Gasteiger partial charge in [0.2, 0.25) is 0 Å². The molecular formula is C57H38. The second kappa shape index (κ2) is 12.0. The second-order valence-corrected chi connectivity index (χ2v) is 16.4. The highest BCUT2D eigenvalue weighted by Gasteiger charge is 2.38. The highest BCUT2D eigenvalue weighted by atomic mass is 14.4. The molecule has 0 bridgehead atoms. The Bertz CT molecular complexity index is 3490. The summed E-state index contributed by atoms with van der Waals surface area (Å²) in [4.78, 5) is 0. The summed E-state index contributed by atoms with van der Waals surface area (Å²) in [7, 11) is 0. The van der Waals surface area contributed by atoms with Gasteiger partial charge in [-0.3, -0.25) is 0 Å². The Labute approximate surface area is 332 Å². The molecule has 0 fully saturated rings. The van der Waals surface area contributed by atoms with E-state index in [9.17, 15) is 0 Å². The summed E-state index contributed by atoms with van der Waals surface area (Å²) in [5, 5.41) is 15.4. The molecule has 1 aliphatic rings. The van der Waals surface area contributed by atoms with E-state index in [0.717, 1.165) is 0 Å². The summed E-state index contributed by atoms with van der Waals surface area (Å²) in [5.41, 5.74) is 12.9. The van der Waals surface area contributed by atoms with Crippen molar-refractivity contribution in [2.24, 2.45) is 0 Å². The molecule has 0 saturated carbocycles. The molecule has 0 heterocycles. The van der Waals surface area contributed by atoms with Crippen LogP contribution in [0.15, 0.2) is 194 Å². The first kappa shape index (κ1) is 32.2. The van der Waals surface area contributed by atoms with Crippen LogP contribution in [0.25, 0.3) is 109 Å². The third kappa shape index (κ3) is 4.68. The molecule has 0 radical (unpaired) electrons. The van der Waals surface area contributed by atoms with Crippen molar-refractivity contribution in [1.82, 2.24) is 0 Å². The average Bonchev–Trinajstić information content (AvgIpc) is 3.51. The zero-order valence-corrected chi connectivity index (χ0v) is 32.0. The molecule has 266 valence electrons. The molecule has 0 amide bonds. The number of rotatable bonds is 3. The van der Waals surface area contributed by atoms with E-state index in [1.165, 1.54) is 120 Å². The lowest BCUT2D eigenvalue weighted by molar-refractivity contribution is 0.666. The second-order valence-electron chi connectivity index (χ2n) is 16.4. The third-order valence-corrected chi connectivity index (χ3v) is 13.0. The Balaban J connectivity index is 1.15. The van der Waals surface area contributed by atoms with Crippen molar-refractivity contribution in [2.45, 2.75) is 19.3 Å².